The molecule has 2 nitrogen and oxygen atoms in total. The number of nitrogens with two attached hydrogens (primary N) is 2. The molecule has 0 aliphatic rings. The second kappa shape index (κ2) is 3.74. The van der Waals surface area contributed by atoms with Gasteiger partial charge >= 0.3 is 0 Å². The molecule has 0 bridgehead atoms. The Labute approximate surface area is 80.4 Å². The van der Waals surface area contributed by atoms with E-state index < -0.39 is 0 Å². The Bertz CT molecular complexity index is 297. The Balaban J connectivity index is 3.09. The van der Waals surface area contributed by atoms with E-state index in [4.69, 9.17) is 11.5 Å². The zero-order valence-corrected chi connectivity index (χ0v) is 8.21. The Hall–Kier alpha value is -0.800. The van der Waals surface area contributed by atoms with Gasteiger partial charge < -0.3 is 11.5 Å². The molecule has 3 heteroatoms. The summed E-state index contributed by atoms with van der Waals surface area (Å²) < 4.78 is 0.926. The lowest BCUT2D eigenvalue weighted by molar-refractivity contribution is 0.908. The number of hydrogen-bond acceptors (Lipinski definition) is 2. The summed E-state index contributed by atoms with van der Waals surface area (Å²) >= 11 is 3.38. The highest BCUT2D eigenvalue weighted by molar-refractivity contribution is 9.10. The summed E-state index contributed by atoms with van der Waals surface area (Å²) in [5.74, 6) is 0. The van der Waals surface area contributed by atoms with Gasteiger partial charge in [-0.2, -0.15) is 0 Å². The van der Waals surface area contributed by atoms with Gasteiger partial charge in [0.2, 0.25) is 0 Å². The van der Waals surface area contributed by atoms with Crippen molar-refractivity contribution in [1.29, 1.82) is 0 Å². The topological polar surface area (TPSA) is 52.0 Å². The number of anilines is 1. The van der Waals surface area contributed by atoms with Crippen molar-refractivity contribution in [1.82, 2.24) is 0 Å². The van der Waals surface area contributed by atoms with Crippen LogP contribution in [0.15, 0.2) is 35.3 Å². The molecule has 0 amide bonds. The number of nitrogen functional groups attached to an aromatic ring is 1. The fourth-order valence-electron chi connectivity index (χ4n) is 0.941. The fourth-order valence-corrected chi connectivity index (χ4v) is 1.60. The molecule has 1 atom stereocenters. The van der Waals surface area contributed by atoms with Crippen LogP contribution in [0.2, 0.25) is 0 Å². The van der Waals surface area contributed by atoms with Crippen LogP contribution >= 0.6 is 15.9 Å². The first-order chi connectivity index (χ1) is 5.65. The molecule has 1 aromatic rings. The fraction of sp³-hybridized carbons (Fsp3) is 0.111. The summed E-state index contributed by atoms with van der Waals surface area (Å²) in [6, 6.07) is 5.41. The second-order valence-corrected chi connectivity index (χ2v) is 3.40. The van der Waals surface area contributed by atoms with Gasteiger partial charge in [-0.15, -0.1) is 6.58 Å². The summed E-state index contributed by atoms with van der Waals surface area (Å²) in [4.78, 5) is 0. The largest absolute Gasteiger partial charge is 0.399 e. The van der Waals surface area contributed by atoms with Gasteiger partial charge in [-0.25, -0.2) is 0 Å². The lowest BCUT2D eigenvalue weighted by Crippen LogP contribution is -2.07. The van der Waals surface area contributed by atoms with E-state index in [1.807, 2.05) is 18.2 Å². The van der Waals surface area contributed by atoms with Gasteiger partial charge in [0.1, 0.15) is 0 Å². The molecule has 0 radical (unpaired) electrons. The highest BCUT2D eigenvalue weighted by Crippen LogP contribution is 2.24. The van der Waals surface area contributed by atoms with Gasteiger partial charge in [0.25, 0.3) is 0 Å². The minimum Gasteiger partial charge on any atom is -0.399 e. The molecule has 0 saturated heterocycles. The first-order valence-electron chi connectivity index (χ1n) is 3.58. The molecule has 0 spiro atoms. The summed E-state index contributed by atoms with van der Waals surface area (Å²) in [6.45, 7) is 3.62. The Morgan fingerprint density at radius 3 is 2.67 bits per heavy atom. The molecule has 0 aliphatic heterocycles. The maximum Gasteiger partial charge on any atom is 0.0489 e. The normalized spacial score (nSPS) is 12.5. The minimum absolute atomic E-state index is 0.139. The van der Waals surface area contributed by atoms with Crippen LogP contribution in [0.4, 0.5) is 5.69 Å². The van der Waals surface area contributed by atoms with Crippen LogP contribution in [-0.2, 0) is 0 Å². The SMILES string of the molecule is C=C[C@H](N)c1ccc(N)cc1Br. The Morgan fingerprint density at radius 2 is 2.17 bits per heavy atom. The number of hydrogen-bond donors (Lipinski definition) is 2. The molecular weight excluding hydrogens is 216 g/mol. The van der Waals surface area contributed by atoms with Crippen LogP contribution in [0.5, 0.6) is 0 Å². The molecule has 12 heavy (non-hydrogen) atoms. The third kappa shape index (κ3) is 1.87. The molecular formula is C9H11BrN2. The van der Waals surface area contributed by atoms with Crippen LogP contribution < -0.4 is 11.5 Å². The second-order valence-electron chi connectivity index (χ2n) is 2.54. The Morgan fingerprint density at radius 1 is 1.50 bits per heavy atom. The van der Waals surface area contributed by atoms with Gasteiger partial charge in [0.15, 0.2) is 0 Å². The summed E-state index contributed by atoms with van der Waals surface area (Å²) in [5, 5.41) is 0. The monoisotopic (exact) mass is 226 g/mol. The zero-order chi connectivity index (χ0) is 9.14. The minimum atomic E-state index is -0.139. The van der Waals surface area contributed by atoms with Crippen molar-refractivity contribution in [3.8, 4) is 0 Å². The molecule has 4 N–H and O–H groups in total. The van der Waals surface area contributed by atoms with E-state index in [-0.39, 0.29) is 6.04 Å². The van der Waals surface area contributed by atoms with Crippen LogP contribution in [0.25, 0.3) is 0 Å². The molecule has 0 aliphatic carbocycles. The van der Waals surface area contributed by atoms with E-state index in [2.05, 4.69) is 22.5 Å². The van der Waals surface area contributed by atoms with E-state index >= 15 is 0 Å². The number of benzene rings is 1. The smallest absolute Gasteiger partial charge is 0.0489 e. The molecule has 0 saturated carbocycles. The summed E-state index contributed by atoms with van der Waals surface area (Å²) in [7, 11) is 0. The van der Waals surface area contributed by atoms with Crippen molar-refractivity contribution in [3.05, 3.63) is 40.9 Å². The Kier molecular flexibility index (Phi) is 2.89. The molecule has 1 rings (SSSR count). The van der Waals surface area contributed by atoms with Crippen molar-refractivity contribution in [2.75, 3.05) is 5.73 Å². The predicted molar refractivity (Wildman–Crippen MR) is 55.7 cm³/mol. The molecule has 0 heterocycles. The number of halogens is 1. The highest BCUT2D eigenvalue weighted by Gasteiger charge is 2.05. The van der Waals surface area contributed by atoms with E-state index in [0.29, 0.717) is 0 Å². The first-order valence-corrected chi connectivity index (χ1v) is 4.37. The summed E-state index contributed by atoms with van der Waals surface area (Å²) in [5.41, 5.74) is 13.1. The van der Waals surface area contributed by atoms with E-state index in [1.54, 1.807) is 6.08 Å². The molecule has 64 valence electrons. The standard InChI is InChI=1S/C9H11BrN2/c1-2-9(12)7-4-3-6(11)5-8(7)10/h2-5,9H,1,11-12H2/t9-/m0/s1. The van der Waals surface area contributed by atoms with E-state index in [1.165, 1.54) is 0 Å². The lowest BCUT2D eigenvalue weighted by Gasteiger charge is -2.09. The van der Waals surface area contributed by atoms with Gasteiger partial charge in [-0.05, 0) is 17.7 Å². The summed E-state index contributed by atoms with van der Waals surface area (Å²) in [6.07, 6.45) is 1.69. The van der Waals surface area contributed by atoms with Gasteiger partial charge in [0, 0.05) is 16.2 Å². The van der Waals surface area contributed by atoms with Gasteiger partial charge in [-0.1, -0.05) is 28.1 Å². The van der Waals surface area contributed by atoms with Crippen LogP contribution in [0.3, 0.4) is 0 Å². The van der Waals surface area contributed by atoms with Gasteiger partial charge in [0.05, 0.1) is 0 Å². The van der Waals surface area contributed by atoms with Crippen molar-refractivity contribution < 1.29 is 0 Å². The van der Waals surface area contributed by atoms with Crippen molar-refractivity contribution in [2.24, 2.45) is 5.73 Å². The van der Waals surface area contributed by atoms with E-state index in [0.717, 1.165) is 15.7 Å². The molecule has 1 aromatic carbocycles. The van der Waals surface area contributed by atoms with Crippen molar-refractivity contribution in [3.63, 3.8) is 0 Å². The first kappa shape index (κ1) is 9.29. The zero-order valence-electron chi connectivity index (χ0n) is 6.63. The van der Waals surface area contributed by atoms with Crippen LogP contribution in [0, 0.1) is 0 Å². The third-order valence-corrected chi connectivity index (χ3v) is 2.32. The average Bonchev–Trinajstić information content (AvgIpc) is 2.03. The maximum absolute atomic E-state index is 5.76. The lowest BCUT2D eigenvalue weighted by atomic mass is 10.1. The third-order valence-electron chi connectivity index (χ3n) is 1.64. The highest BCUT2D eigenvalue weighted by atomic mass is 79.9. The quantitative estimate of drug-likeness (QED) is 0.601. The molecule has 0 aromatic heterocycles. The predicted octanol–water partition coefficient (Wildman–Crippen LogP) is 2.22. The maximum atomic E-state index is 5.76. The van der Waals surface area contributed by atoms with Crippen molar-refractivity contribution >= 4 is 21.6 Å². The van der Waals surface area contributed by atoms with Gasteiger partial charge in [-0.3, -0.25) is 0 Å². The van der Waals surface area contributed by atoms with Crippen LogP contribution in [-0.4, -0.2) is 0 Å². The average molecular weight is 227 g/mol. The molecule has 0 unspecified atom stereocenters. The van der Waals surface area contributed by atoms with Crippen molar-refractivity contribution in [2.45, 2.75) is 6.04 Å². The molecule has 0 fully saturated rings. The van der Waals surface area contributed by atoms with Crippen LogP contribution in [0.1, 0.15) is 11.6 Å². The number of rotatable bonds is 2. The van der Waals surface area contributed by atoms with E-state index in [9.17, 15) is 0 Å².